The first-order valence-electron chi connectivity index (χ1n) is 11.9. The number of rotatable bonds is 8. The molecule has 0 spiro atoms. The van der Waals surface area contributed by atoms with Crippen LogP contribution in [0.5, 0.6) is 0 Å². The second-order valence-corrected chi connectivity index (χ2v) is 8.86. The minimum atomic E-state index is 0.0558. The Morgan fingerprint density at radius 3 is 2.41 bits per heavy atom. The molecular formula is C26H36N4O2. The molecule has 2 aromatic carbocycles. The third-order valence-electron chi connectivity index (χ3n) is 6.38. The summed E-state index contributed by atoms with van der Waals surface area (Å²) in [5, 5.41) is 3.04. The zero-order valence-electron chi connectivity index (χ0n) is 19.3. The van der Waals surface area contributed by atoms with Crippen LogP contribution >= 0.6 is 0 Å². The molecule has 0 atom stereocenters. The van der Waals surface area contributed by atoms with Crippen LogP contribution in [0.25, 0.3) is 0 Å². The highest BCUT2D eigenvalue weighted by Crippen LogP contribution is 2.25. The average Bonchev–Trinajstić information content (AvgIpc) is 2.85. The minimum Gasteiger partial charge on any atom is -0.378 e. The van der Waals surface area contributed by atoms with Gasteiger partial charge in [-0.15, -0.1) is 0 Å². The van der Waals surface area contributed by atoms with Crippen molar-refractivity contribution >= 4 is 23.0 Å². The highest BCUT2D eigenvalue weighted by atomic mass is 16.5. The normalized spacial score (nSPS) is 16.9. The molecule has 0 saturated carbocycles. The predicted molar refractivity (Wildman–Crippen MR) is 132 cm³/mol. The maximum Gasteiger partial charge on any atom is 0.225 e. The number of hydrogen-bond acceptors (Lipinski definition) is 5. The van der Waals surface area contributed by atoms with E-state index in [0.29, 0.717) is 6.42 Å². The van der Waals surface area contributed by atoms with Crippen molar-refractivity contribution in [1.29, 1.82) is 0 Å². The molecule has 0 aliphatic carbocycles. The van der Waals surface area contributed by atoms with Crippen LogP contribution < -0.4 is 15.1 Å². The van der Waals surface area contributed by atoms with Gasteiger partial charge < -0.3 is 24.8 Å². The van der Waals surface area contributed by atoms with E-state index in [1.165, 1.54) is 36.2 Å². The van der Waals surface area contributed by atoms with E-state index in [1.807, 2.05) is 12.1 Å². The van der Waals surface area contributed by atoms with E-state index in [2.05, 4.69) is 63.5 Å². The van der Waals surface area contributed by atoms with Crippen LogP contribution in [-0.4, -0.2) is 63.8 Å². The lowest BCUT2D eigenvalue weighted by atomic mass is 10.1. The minimum absolute atomic E-state index is 0.0558. The lowest BCUT2D eigenvalue weighted by molar-refractivity contribution is -0.116. The summed E-state index contributed by atoms with van der Waals surface area (Å²) in [6.07, 6.45) is 4.37. The molecule has 2 fully saturated rings. The smallest absolute Gasteiger partial charge is 0.225 e. The molecule has 6 nitrogen and oxygen atoms in total. The number of anilines is 3. The first kappa shape index (κ1) is 22.6. The summed E-state index contributed by atoms with van der Waals surface area (Å²) in [6, 6.07) is 16.8. The van der Waals surface area contributed by atoms with Gasteiger partial charge in [0.2, 0.25) is 5.91 Å². The second kappa shape index (κ2) is 11.3. The van der Waals surface area contributed by atoms with E-state index in [4.69, 9.17) is 4.74 Å². The van der Waals surface area contributed by atoms with Crippen LogP contribution in [0.3, 0.4) is 0 Å². The summed E-state index contributed by atoms with van der Waals surface area (Å²) in [6.45, 7) is 7.25. The first-order valence-corrected chi connectivity index (χ1v) is 11.9. The van der Waals surface area contributed by atoms with Gasteiger partial charge in [-0.05, 0) is 62.2 Å². The van der Waals surface area contributed by atoms with E-state index in [1.54, 1.807) is 0 Å². The van der Waals surface area contributed by atoms with Crippen molar-refractivity contribution in [3.63, 3.8) is 0 Å². The SMILES string of the molecule is CN(CCC(=O)Nc1ccc(N2CCOCC2)cc1)Cc1ccccc1N1CCCCC1. The van der Waals surface area contributed by atoms with Crippen LogP contribution in [0.4, 0.5) is 17.1 Å². The Hall–Kier alpha value is -2.57. The molecule has 4 rings (SSSR count). The predicted octanol–water partition coefficient (Wildman–Crippen LogP) is 3.97. The largest absolute Gasteiger partial charge is 0.378 e. The Labute approximate surface area is 192 Å². The monoisotopic (exact) mass is 436 g/mol. The number of nitrogens with one attached hydrogen (secondary N) is 1. The molecule has 32 heavy (non-hydrogen) atoms. The van der Waals surface area contributed by atoms with Crippen LogP contribution in [0.15, 0.2) is 48.5 Å². The van der Waals surface area contributed by atoms with Crippen molar-refractivity contribution < 1.29 is 9.53 Å². The summed E-state index contributed by atoms with van der Waals surface area (Å²) in [5.41, 5.74) is 4.73. The molecule has 0 bridgehead atoms. The summed E-state index contributed by atoms with van der Waals surface area (Å²) in [7, 11) is 2.09. The van der Waals surface area contributed by atoms with Gasteiger partial charge in [0.15, 0.2) is 0 Å². The van der Waals surface area contributed by atoms with E-state index in [9.17, 15) is 4.79 Å². The molecule has 172 valence electrons. The zero-order valence-corrected chi connectivity index (χ0v) is 19.3. The first-order chi connectivity index (χ1) is 15.7. The molecule has 0 unspecified atom stereocenters. The molecular weight excluding hydrogens is 400 g/mol. The number of hydrogen-bond donors (Lipinski definition) is 1. The number of amides is 1. The number of carbonyl (C=O) groups is 1. The van der Waals surface area contributed by atoms with Crippen LogP contribution in [0.1, 0.15) is 31.2 Å². The average molecular weight is 437 g/mol. The van der Waals surface area contributed by atoms with Gasteiger partial charge in [0.05, 0.1) is 13.2 Å². The zero-order chi connectivity index (χ0) is 22.2. The fraction of sp³-hybridized carbons (Fsp3) is 0.500. The molecule has 6 heteroatoms. The summed E-state index contributed by atoms with van der Waals surface area (Å²) < 4.78 is 5.41. The fourth-order valence-electron chi connectivity index (χ4n) is 4.55. The molecule has 2 saturated heterocycles. The van der Waals surface area contributed by atoms with Gasteiger partial charge in [-0.3, -0.25) is 4.79 Å². The number of morpholine rings is 1. The van der Waals surface area contributed by atoms with Crippen molar-refractivity contribution in [3.05, 3.63) is 54.1 Å². The fourth-order valence-corrected chi connectivity index (χ4v) is 4.55. The summed E-state index contributed by atoms with van der Waals surface area (Å²) in [4.78, 5) is 19.6. The van der Waals surface area contributed by atoms with E-state index < -0.39 is 0 Å². The van der Waals surface area contributed by atoms with E-state index >= 15 is 0 Å². The number of benzene rings is 2. The number of nitrogens with zero attached hydrogens (tertiary/aromatic N) is 3. The van der Waals surface area contributed by atoms with Crippen molar-refractivity contribution in [1.82, 2.24) is 4.90 Å². The van der Waals surface area contributed by atoms with Crippen molar-refractivity contribution in [2.75, 3.05) is 68.1 Å². The van der Waals surface area contributed by atoms with Crippen LogP contribution in [0, 0.1) is 0 Å². The molecule has 2 aliphatic rings. The maximum absolute atomic E-state index is 12.5. The van der Waals surface area contributed by atoms with E-state index in [0.717, 1.165) is 58.2 Å². The molecule has 2 aliphatic heterocycles. The van der Waals surface area contributed by atoms with Gasteiger partial charge in [-0.25, -0.2) is 0 Å². The quantitative estimate of drug-likeness (QED) is 0.678. The Morgan fingerprint density at radius 1 is 0.938 bits per heavy atom. The standard InChI is InChI=1S/C26H36N4O2/c1-28(21-22-7-3-4-8-25(22)30-14-5-2-6-15-30)16-13-26(31)27-23-9-11-24(12-10-23)29-17-19-32-20-18-29/h3-4,7-12H,2,5-6,13-21H2,1H3,(H,27,31). The van der Waals surface area contributed by atoms with E-state index in [-0.39, 0.29) is 5.91 Å². The van der Waals surface area contributed by atoms with Gasteiger partial charge >= 0.3 is 0 Å². The third-order valence-corrected chi connectivity index (χ3v) is 6.38. The number of ether oxygens (including phenoxy) is 1. The van der Waals surface area contributed by atoms with Gasteiger partial charge in [0, 0.05) is 62.8 Å². The Morgan fingerprint density at radius 2 is 1.66 bits per heavy atom. The molecule has 2 heterocycles. The number of carbonyl (C=O) groups excluding carboxylic acids is 1. The molecule has 1 amide bonds. The van der Waals surface area contributed by atoms with Gasteiger partial charge in [-0.2, -0.15) is 0 Å². The highest BCUT2D eigenvalue weighted by Gasteiger charge is 2.15. The molecule has 1 N–H and O–H groups in total. The topological polar surface area (TPSA) is 48.1 Å². The van der Waals surface area contributed by atoms with Gasteiger partial charge in [0.1, 0.15) is 0 Å². The highest BCUT2D eigenvalue weighted by molar-refractivity contribution is 5.91. The van der Waals surface area contributed by atoms with Crippen LogP contribution in [-0.2, 0) is 16.1 Å². The van der Waals surface area contributed by atoms with Crippen molar-refractivity contribution in [3.8, 4) is 0 Å². The molecule has 2 aromatic rings. The summed E-state index contributed by atoms with van der Waals surface area (Å²) in [5.74, 6) is 0.0558. The lowest BCUT2D eigenvalue weighted by Gasteiger charge is -2.31. The Kier molecular flexibility index (Phi) is 8.02. The molecule has 0 radical (unpaired) electrons. The number of para-hydroxylation sites is 1. The maximum atomic E-state index is 12.5. The van der Waals surface area contributed by atoms with Crippen molar-refractivity contribution in [2.45, 2.75) is 32.2 Å². The number of piperidine rings is 1. The third kappa shape index (κ3) is 6.24. The van der Waals surface area contributed by atoms with Gasteiger partial charge in [0.25, 0.3) is 0 Å². The lowest BCUT2D eigenvalue weighted by Crippen LogP contribution is -2.36. The Bertz CT molecular complexity index is 858. The second-order valence-electron chi connectivity index (χ2n) is 8.86. The van der Waals surface area contributed by atoms with Gasteiger partial charge in [-0.1, -0.05) is 18.2 Å². The Balaban J connectivity index is 1.24. The van der Waals surface area contributed by atoms with Crippen molar-refractivity contribution in [2.24, 2.45) is 0 Å². The summed E-state index contributed by atoms with van der Waals surface area (Å²) >= 11 is 0. The molecule has 0 aromatic heterocycles. The van der Waals surface area contributed by atoms with Crippen LogP contribution in [0.2, 0.25) is 0 Å².